The summed E-state index contributed by atoms with van der Waals surface area (Å²) in [6.07, 6.45) is 3.28. The summed E-state index contributed by atoms with van der Waals surface area (Å²) in [6.45, 7) is 6.83. The first-order chi connectivity index (χ1) is 17.0. The molecule has 8 heteroatoms. The minimum atomic E-state index is -0.109. The van der Waals surface area contributed by atoms with Crippen molar-refractivity contribution in [3.8, 4) is 11.4 Å². The maximum atomic E-state index is 13.0. The third-order valence-electron chi connectivity index (χ3n) is 6.92. The molecule has 0 bridgehead atoms. The molecule has 1 unspecified atom stereocenters. The number of hydrogen-bond acceptors (Lipinski definition) is 6. The van der Waals surface area contributed by atoms with Crippen molar-refractivity contribution in [2.24, 2.45) is 5.92 Å². The molecule has 8 nitrogen and oxygen atoms in total. The van der Waals surface area contributed by atoms with Gasteiger partial charge in [0.25, 0.3) is 0 Å². The van der Waals surface area contributed by atoms with E-state index >= 15 is 0 Å². The SMILES string of the molecule is Cc1ccccc1-c1noc(CN2CCCC(C(=O)Nc3ccc(N4CCCC4=O)c(C)c3)C2)n1. The van der Waals surface area contributed by atoms with E-state index in [0.717, 1.165) is 60.4 Å². The quantitative estimate of drug-likeness (QED) is 0.573. The highest BCUT2D eigenvalue weighted by molar-refractivity contribution is 5.97. The van der Waals surface area contributed by atoms with E-state index in [1.54, 1.807) is 0 Å². The Hall–Kier alpha value is -3.52. The number of likely N-dealkylation sites (tertiary alicyclic amines) is 1. The van der Waals surface area contributed by atoms with Crippen LogP contribution in [-0.2, 0) is 16.1 Å². The van der Waals surface area contributed by atoms with Gasteiger partial charge in [-0.1, -0.05) is 29.4 Å². The Morgan fingerprint density at radius 1 is 1.11 bits per heavy atom. The third-order valence-corrected chi connectivity index (χ3v) is 6.92. The van der Waals surface area contributed by atoms with Gasteiger partial charge in [0.15, 0.2) is 0 Å². The van der Waals surface area contributed by atoms with E-state index in [9.17, 15) is 9.59 Å². The normalized spacial score (nSPS) is 18.7. The van der Waals surface area contributed by atoms with Crippen molar-refractivity contribution in [3.63, 3.8) is 0 Å². The van der Waals surface area contributed by atoms with Gasteiger partial charge in [-0.05, 0) is 69.0 Å². The van der Waals surface area contributed by atoms with Crippen LogP contribution in [0.25, 0.3) is 11.4 Å². The van der Waals surface area contributed by atoms with Crippen LogP contribution in [0.15, 0.2) is 47.0 Å². The minimum absolute atomic E-state index is 0.0187. The Labute approximate surface area is 205 Å². The number of amides is 2. The molecule has 1 atom stereocenters. The second-order valence-corrected chi connectivity index (χ2v) is 9.54. The molecule has 35 heavy (non-hydrogen) atoms. The van der Waals surface area contributed by atoms with Gasteiger partial charge in [-0.3, -0.25) is 14.5 Å². The highest BCUT2D eigenvalue weighted by atomic mass is 16.5. The molecule has 1 N–H and O–H groups in total. The highest BCUT2D eigenvalue weighted by Gasteiger charge is 2.28. The molecule has 2 aliphatic heterocycles. The van der Waals surface area contributed by atoms with Gasteiger partial charge in [0.05, 0.1) is 12.5 Å². The van der Waals surface area contributed by atoms with Gasteiger partial charge in [-0.15, -0.1) is 0 Å². The zero-order chi connectivity index (χ0) is 24.4. The van der Waals surface area contributed by atoms with Gasteiger partial charge in [-0.25, -0.2) is 0 Å². The number of rotatable bonds is 6. The topological polar surface area (TPSA) is 91.6 Å². The minimum Gasteiger partial charge on any atom is -0.338 e. The van der Waals surface area contributed by atoms with E-state index in [1.165, 1.54) is 0 Å². The van der Waals surface area contributed by atoms with Crippen LogP contribution in [0.1, 0.15) is 42.7 Å². The number of nitrogens with zero attached hydrogens (tertiary/aromatic N) is 4. The second-order valence-electron chi connectivity index (χ2n) is 9.54. The second kappa shape index (κ2) is 10.00. The van der Waals surface area contributed by atoms with Gasteiger partial charge < -0.3 is 14.7 Å². The van der Waals surface area contributed by atoms with Crippen LogP contribution < -0.4 is 10.2 Å². The molecule has 3 aromatic rings. The number of aryl methyl sites for hydroxylation is 2. The molecule has 1 aromatic heterocycles. The molecule has 182 valence electrons. The average molecular weight is 474 g/mol. The van der Waals surface area contributed by atoms with Crippen molar-refractivity contribution in [2.45, 2.75) is 46.1 Å². The lowest BCUT2D eigenvalue weighted by molar-refractivity contribution is -0.121. The Bertz CT molecular complexity index is 1240. The monoisotopic (exact) mass is 473 g/mol. The number of nitrogens with one attached hydrogen (secondary N) is 1. The van der Waals surface area contributed by atoms with Crippen LogP contribution >= 0.6 is 0 Å². The van der Waals surface area contributed by atoms with Crippen LogP contribution in [0, 0.1) is 19.8 Å². The van der Waals surface area contributed by atoms with Crippen molar-refractivity contribution in [1.82, 2.24) is 15.0 Å². The standard InChI is InChI=1S/C27H31N5O3/c1-18-7-3-4-9-22(18)26-29-24(35-30-26)17-31-13-5-8-20(16-31)27(34)28-21-11-12-23(19(2)15-21)32-14-6-10-25(32)33/h3-4,7,9,11-12,15,20H,5-6,8,10,13-14,16-17H2,1-2H3,(H,28,34). The van der Waals surface area contributed by atoms with Crippen LogP contribution in [-0.4, -0.2) is 46.5 Å². The predicted molar refractivity (Wildman–Crippen MR) is 134 cm³/mol. The van der Waals surface area contributed by atoms with Gasteiger partial charge in [-0.2, -0.15) is 4.98 Å². The molecule has 0 radical (unpaired) electrons. The van der Waals surface area contributed by atoms with Gasteiger partial charge in [0, 0.05) is 36.4 Å². The Morgan fingerprint density at radius 2 is 1.97 bits per heavy atom. The van der Waals surface area contributed by atoms with Crippen molar-refractivity contribution >= 4 is 23.2 Å². The first-order valence-corrected chi connectivity index (χ1v) is 12.3. The zero-order valence-electron chi connectivity index (χ0n) is 20.3. The highest BCUT2D eigenvalue weighted by Crippen LogP contribution is 2.28. The smallest absolute Gasteiger partial charge is 0.241 e. The fourth-order valence-corrected chi connectivity index (χ4v) is 5.04. The zero-order valence-corrected chi connectivity index (χ0v) is 20.3. The van der Waals surface area contributed by atoms with Crippen molar-refractivity contribution < 1.29 is 14.1 Å². The number of piperidine rings is 1. The Balaban J connectivity index is 1.19. The first kappa shape index (κ1) is 23.2. The molecule has 2 saturated heterocycles. The fraction of sp³-hybridized carbons (Fsp3) is 0.407. The molecule has 5 rings (SSSR count). The van der Waals surface area contributed by atoms with E-state index in [1.807, 2.05) is 61.2 Å². The number of carbonyl (C=O) groups excluding carboxylic acids is 2. The third kappa shape index (κ3) is 5.12. The molecular formula is C27H31N5O3. The number of benzene rings is 2. The largest absolute Gasteiger partial charge is 0.338 e. The van der Waals surface area contributed by atoms with E-state index in [4.69, 9.17) is 4.52 Å². The number of hydrogen-bond donors (Lipinski definition) is 1. The van der Waals surface area contributed by atoms with Crippen molar-refractivity contribution in [1.29, 1.82) is 0 Å². The summed E-state index contributed by atoms with van der Waals surface area (Å²) < 4.78 is 5.51. The molecule has 2 fully saturated rings. The van der Waals surface area contributed by atoms with Crippen molar-refractivity contribution in [2.75, 3.05) is 29.9 Å². The molecule has 0 spiro atoms. The molecule has 3 heterocycles. The summed E-state index contributed by atoms with van der Waals surface area (Å²) in [5.41, 5.74) is 4.75. The lowest BCUT2D eigenvalue weighted by atomic mass is 9.97. The van der Waals surface area contributed by atoms with Gasteiger partial charge in [0.1, 0.15) is 0 Å². The van der Waals surface area contributed by atoms with Gasteiger partial charge >= 0.3 is 0 Å². The van der Waals surface area contributed by atoms with Crippen molar-refractivity contribution in [3.05, 3.63) is 59.5 Å². The lowest BCUT2D eigenvalue weighted by Crippen LogP contribution is -2.40. The number of carbonyl (C=O) groups is 2. The van der Waals surface area contributed by atoms with E-state index in [-0.39, 0.29) is 17.7 Å². The maximum absolute atomic E-state index is 13.0. The van der Waals surface area contributed by atoms with Crippen LogP contribution in [0.4, 0.5) is 11.4 Å². The molecule has 0 saturated carbocycles. The van der Waals surface area contributed by atoms with Crippen LogP contribution in [0.5, 0.6) is 0 Å². The Morgan fingerprint density at radius 3 is 2.74 bits per heavy atom. The summed E-state index contributed by atoms with van der Waals surface area (Å²) in [6, 6.07) is 13.7. The molecule has 2 aliphatic rings. The molecular weight excluding hydrogens is 442 g/mol. The van der Waals surface area contributed by atoms with Gasteiger partial charge in [0.2, 0.25) is 23.5 Å². The number of anilines is 2. The summed E-state index contributed by atoms with van der Waals surface area (Å²) >= 11 is 0. The summed E-state index contributed by atoms with van der Waals surface area (Å²) in [4.78, 5) is 33.7. The van der Waals surface area contributed by atoms with E-state index in [0.29, 0.717) is 31.2 Å². The average Bonchev–Trinajstić information content (AvgIpc) is 3.49. The number of aromatic nitrogens is 2. The molecule has 2 aromatic carbocycles. The summed E-state index contributed by atoms with van der Waals surface area (Å²) in [5, 5.41) is 7.23. The fourth-order valence-electron chi connectivity index (χ4n) is 5.04. The first-order valence-electron chi connectivity index (χ1n) is 12.3. The maximum Gasteiger partial charge on any atom is 0.241 e. The molecule has 0 aliphatic carbocycles. The summed E-state index contributed by atoms with van der Waals surface area (Å²) in [5.74, 6) is 1.23. The Kier molecular flexibility index (Phi) is 6.63. The predicted octanol–water partition coefficient (Wildman–Crippen LogP) is 4.33. The van der Waals surface area contributed by atoms with E-state index in [2.05, 4.69) is 20.4 Å². The van der Waals surface area contributed by atoms with Crippen LogP contribution in [0.2, 0.25) is 0 Å². The lowest BCUT2D eigenvalue weighted by Gasteiger charge is -2.31. The summed E-state index contributed by atoms with van der Waals surface area (Å²) in [7, 11) is 0. The molecule has 2 amide bonds. The van der Waals surface area contributed by atoms with E-state index < -0.39 is 0 Å². The van der Waals surface area contributed by atoms with Crippen LogP contribution in [0.3, 0.4) is 0 Å².